The van der Waals surface area contributed by atoms with E-state index in [0.29, 0.717) is 22.2 Å². The zero-order valence-electron chi connectivity index (χ0n) is 17.3. The topological polar surface area (TPSA) is 52.9 Å². The second-order valence-corrected chi connectivity index (χ2v) is 10.8. The van der Waals surface area contributed by atoms with Gasteiger partial charge in [0.05, 0.1) is 14.2 Å². The first-order valence-electron chi connectivity index (χ1n) is 9.99. The summed E-state index contributed by atoms with van der Waals surface area (Å²) in [6.45, 7) is 2.57. The van der Waals surface area contributed by atoms with Crippen LogP contribution >= 0.6 is 56.9 Å². The molecule has 0 atom stereocenters. The van der Waals surface area contributed by atoms with Gasteiger partial charge >= 0.3 is 0 Å². The molecule has 7 heteroatoms. The van der Waals surface area contributed by atoms with Crippen LogP contribution in [0.25, 0.3) is 6.08 Å². The standard InChI is InChI=1S/C25H20I2N2O2S/c1-16-7-9-20(10-8-16)28-25-29(12-11-17-5-3-2-4-6-17)24(31)22(32-25)14-18-13-19(26)15-21(27)23(18)30/h2-10,13-15,30H,11-12H2,1H3/b22-14+,28-25?. The number of amides is 1. The predicted molar refractivity (Wildman–Crippen MR) is 149 cm³/mol. The Kier molecular flexibility index (Phi) is 7.57. The van der Waals surface area contributed by atoms with Crippen molar-refractivity contribution in [1.29, 1.82) is 0 Å². The quantitative estimate of drug-likeness (QED) is 0.242. The fraction of sp³-hybridized carbons (Fsp3) is 0.120. The largest absolute Gasteiger partial charge is 0.506 e. The maximum Gasteiger partial charge on any atom is 0.266 e. The lowest BCUT2D eigenvalue weighted by Gasteiger charge is -2.15. The van der Waals surface area contributed by atoms with E-state index in [0.717, 1.165) is 24.8 Å². The summed E-state index contributed by atoms with van der Waals surface area (Å²) in [7, 11) is 0. The highest BCUT2D eigenvalue weighted by molar-refractivity contribution is 14.1. The number of hydrogen-bond acceptors (Lipinski definition) is 4. The van der Waals surface area contributed by atoms with Crippen molar-refractivity contribution in [3.8, 4) is 5.75 Å². The summed E-state index contributed by atoms with van der Waals surface area (Å²) >= 11 is 5.67. The number of aryl methyl sites for hydroxylation is 1. The van der Waals surface area contributed by atoms with Crippen molar-refractivity contribution in [3.05, 3.63) is 95.5 Å². The van der Waals surface area contributed by atoms with Crippen molar-refractivity contribution in [2.24, 2.45) is 4.99 Å². The molecule has 0 aliphatic carbocycles. The lowest BCUT2D eigenvalue weighted by molar-refractivity contribution is -0.122. The van der Waals surface area contributed by atoms with Gasteiger partial charge in [-0.05, 0) is 106 Å². The molecular weight excluding hydrogens is 646 g/mol. The molecule has 0 spiro atoms. The van der Waals surface area contributed by atoms with Crippen molar-refractivity contribution in [3.63, 3.8) is 0 Å². The molecule has 1 N–H and O–H groups in total. The van der Waals surface area contributed by atoms with Crippen LogP contribution in [0.4, 0.5) is 5.69 Å². The number of phenols is 1. The Morgan fingerprint density at radius 3 is 2.50 bits per heavy atom. The number of phenolic OH excluding ortho intramolecular Hbond substituents is 1. The van der Waals surface area contributed by atoms with Gasteiger partial charge in [-0.1, -0.05) is 48.0 Å². The van der Waals surface area contributed by atoms with Crippen molar-refractivity contribution in [2.45, 2.75) is 13.3 Å². The van der Waals surface area contributed by atoms with Crippen LogP contribution in [-0.4, -0.2) is 27.6 Å². The third-order valence-corrected chi connectivity index (χ3v) is 7.41. The lowest BCUT2D eigenvalue weighted by Crippen LogP contribution is -2.31. The number of rotatable bonds is 5. The molecule has 4 nitrogen and oxygen atoms in total. The Hall–Kier alpha value is -1.85. The van der Waals surface area contributed by atoms with E-state index in [-0.39, 0.29) is 11.7 Å². The molecule has 1 amide bonds. The molecule has 0 aromatic heterocycles. The normalized spacial score (nSPS) is 16.3. The van der Waals surface area contributed by atoms with Crippen molar-refractivity contribution in [2.75, 3.05) is 6.54 Å². The van der Waals surface area contributed by atoms with Gasteiger partial charge in [0, 0.05) is 15.7 Å². The fourth-order valence-electron chi connectivity index (χ4n) is 3.24. The zero-order chi connectivity index (χ0) is 22.7. The molecule has 32 heavy (non-hydrogen) atoms. The first-order valence-corrected chi connectivity index (χ1v) is 13.0. The van der Waals surface area contributed by atoms with E-state index in [9.17, 15) is 9.90 Å². The number of amidine groups is 1. The van der Waals surface area contributed by atoms with Crippen LogP contribution in [0.2, 0.25) is 0 Å². The second-order valence-electron chi connectivity index (χ2n) is 7.36. The smallest absolute Gasteiger partial charge is 0.266 e. The van der Waals surface area contributed by atoms with Crippen LogP contribution in [0, 0.1) is 14.1 Å². The molecule has 1 saturated heterocycles. The molecule has 3 aromatic carbocycles. The van der Waals surface area contributed by atoms with E-state index in [1.54, 1.807) is 11.0 Å². The van der Waals surface area contributed by atoms with E-state index in [1.165, 1.54) is 17.3 Å². The lowest BCUT2D eigenvalue weighted by atomic mass is 10.1. The van der Waals surface area contributed by atoms with E-state index < -0.39 is 0 Å². The van der Waals surface area contributed by atoms with Crippen LogP contribution in [0.15, 0.2) is 76.6 Å². The number of thioether (sulfide) groups is 1. The van der Waals surface area contributed by atoms with Crippen molar-refractivity contribution < 1.29 is 9.90 Å². The highest BCUT2D eigenvalue weighted by Gasteiger charge is 2.33. The van der Waals surface area contributed by atoms with E-state index in [1.807, 2.05) is 61.5 Å². The number of benzene rings is 3. The summed E-state index contributed by atoms with van der Waals surface area (Å²) < 4.78 is 1.76. The number of halogens is 2. The molecule has 3 aromatic rings. The summed E-state index contributed by atoms with van der Waals surface area (Å²) in [5, 5.41) is 11.1. The summed E-state index contributed by atoms with van der Waals surface area (Å²) in [6, 6.07) is 21.8. The van der Waals surface area contributed by atoms with Crippen LogP contribution in [-0.2, 0) is 11.2 Å². The number of aromatic hydroxyl groups is 1. The highest BCUT2D eigenvalue weighted by atomic mass is 127. The summed E-state index contributed by atoms with van der Waals surface area (Å²) in [5.74, 6) is 0.0942. The number of hydrogen-bond donors (Lipinski definition) is 1. The minimum absolute atomic E-state index is 0.0925. The highest BCUT2D eigenvalue weighted by Crippen LogP contribution is 2.37. The predicted octanol–water partition coefficient (Wildman–Crippen LogP) is 6.76. The van der Waals surface area contributed by atoms with Gasteiger partial charge in [-0.15, -0.1) is 0 Å². The number of carbonyl (C=O) groups is 1. The molecule has 1 fully saturated rings. The minimum atomic E-state index is -0.0925. The SMILES string of the molecule is Cc1ccc(N=C2S/C(=C/c3cc(I)cc(I)c3O)C(=O)N2CCc2ccccc2)cc1. The molecule has 4 rings (SSSR count). The summed E-state index contributed by atoms with van der Waals surface area (Å²) in [4.78, 5) is 20.4. The Morgan fingerprint density at radius 1 is 1.06 bits per heavy atom. The average molecular weight is 666 g/mol. The average Bonchev–Trinajstić information content (AvgIpc) is 3.06. The maximum atomic E-state index is 13.3. The molecule has 0 unspecified atom stereocenters. The van der Waals surface area contributed by atoms with Crippen molar-refractivity contribution >= 4 is 79.8 Å². The minimum Gasteiger partial charge on any atom is -0.506 e. The summed E-state index contributed by atoms with van der Waals surface area (Å²) in [5.41, 5.74) is 3.77. The Bertz CT molecular complexity index is 1210. The zero-order valence-corrected chi connectivity index (χ0v) is 22.4. The second kappa shape index (κ2) is 10.4. The third kappa shape index (κ3) is 5.55. The van der Waals surface area contributed by atoms with Crippen LogP contribution in [0.1, 0.15) is 16.7 Å². The molecule has 1 heterocycles. The Labute approximate surface area is 219 Å². The molecule has 1 aliphatic heterocycles. The van der Waals surface area contributed by atoms with Gasteiger partial charge in [0.25, 0.3) is 5.91 Å². The maximum absolute atomic E-state index is 13.3. The molecular formula is C25H20I2N2O2S. The molecule has 0 radical (unpaired) electrons. The molecule has 0 bridgehead atoms. The molecule has 162 valence electrons. The third-order valence-electron chi connectivity index (χ3n) is 4.96. The molecule has 1 aliphatic rings. The Balaban J connectivity index is 1.68. The van der Waals surface area contributed by atoms with Crippen LogP contribution in [0.3, 0.4) is 0 Å². The fourth-order valence-corrected chi connectivity index (χ4v) is 6.15. The van der Waals surface area contributed by atoms with Gasteiger partial charge in [-0.25, -0.2) is 4.99 Å². The van der Waals surface area contributed by atoms with Gasteiger partial charge in [0.1, 0.15) is 5.75 Å². The number of carbonyl (C=O) groups excluding carboxylic acids is 1. The van der Waals surface area contributed by atoms with Crippen molar-refractivity contribution in [1.82, 2.24) is 4.90 Å². The van der Waals surface area contributed by atoms with Gasteiger partial charge in [-0.3, -0.25) is 9.69 Å². The molecule has 0 saturated carbocycles. The first-order chi connectivity index (χ1) is 15.4. The van der Waals surface area contributed by atoms with Gasteiger partial charge in [0.15, 0.2) is 5.17 Å². The van der Waals surface area contributed by atoms with Crippen LogP contribution in [0.5, 0.6) is 5.75 Å². The monoisotopic (exact) mass is 666 g/mol. The van der Waals surface area contributed by atoms with E-state index in [4.69, 9.17) is 4.99 Å². The van der Waals surface area contributed by atoms with E-state index >= 15 is 0 Å². The summed E-state index contributed by atoms with van der Waals surface area (Å²) in [6.07, 6.45) is 2.50. The van der Waals surface area contributed by atoms with Gasteiger partial charge < -0.3 is 5.11 Å². The number of nitrogens with zero attached hydrogens (tertiary/aromatic N) is 2. The first kappa shape index (κ1) is 23.3. The van der Waals surface area contributed by atoms with E-state index in [2.05, 4.69) is 57.3 Å². The number of aliphatic imine (C=N–C) groups is 1. The van der Waals surface area contributed by atoms with Gasteiger partial charge in [0.2, 0.25) is 0 Å². The van der Waals surface area contributed by atoms with Crippen LogP contribution < -0.4 is 0 Å². The van der Waals surface area contributed by atoms with Gasteiger partial charge in [-0.2, -0.15) is 0 Å². The Morgan fingerprint density at radius 2 is 1.78 bits per heavy atom.